The molecule has 0 unspecified atom stereocenters. The molecule has 0 aliphatic carbocycles. The van der Waals surface area contributed by atoms with E-state index in [1.807, 2.05) is 11.9 Å². The fourth-order valence-corrected chi connectivity index (χ4v) is 3.10. The van der Waals surface area contributed by atoms with Crippen LogP contribution < -0.4 is 5.32 Å². The third kappa shape index (κ3) is 4.04. The minimum absolute atomic E-state index is 0.0337. The molecule has 3 rings (SSSR count). The molecule has 1 heterocycles. The third-order valence-electron chi connectivity index (χ3n) is 4.64. The maximum atomic E-state index is 13.3. The Morgan fingerprint density at radius 3 is 2.50 bits per heavy atom. The molecule has 0 fully saturated rings. The molecular weight excluding hydrogens is 348 g/mol. The molecule has 0 saturated heterocycles. The molecule has 3 nitrogen and oxygen atoms in total. The van der Waals surface area contributed by atoms with E-state index in [0.717, 1.165) is 23.3 Å². The van der Waals surface area contributed by atoms with Gasteiger partial charge in [0.25, 0.3) is 5.91 Å². The molecule has 0 aromatic heterocycles. The van der Waals surface area contributed by atoms with Crippen molar-refractivity contribution >= 4 is 5.91 Å². The number of alkyl halides is 3. The smallest absolute Gasteiger partial charge is 0.350 e. The standard InChI is InChI=1S/C19H18F4N2O/c1-25-11-14-8-16(20)7-4-13(14)9-17(25)10-24-18(26)12-2-5-15(6-3-12)19(21,22)23/h2-8,17H,9-11H2,1H3,(H,24,26)/t17-/m1/s1. The van der Waals surface area contributed by atoms with E-state index in [0.29, 0.717) is 19.5 Å². The van der Waals surface area contributed by atoms with Crippen molar-refractivity contribution in [1.82, 2.24) is 10.2 Å². The van der Waals surface area contributed by atoms with Crippen LogP contribution in [0.5, 0.6) is 0 Å². The summed E-state index contributed by atoms with van der Waals surface area (Å²) in [4.78, 5) is 14.2. The van der Waals surface area contributed by atoms with Gasteiger partial charge in [-0.05, 0) is 61.0 Å². The van der Waals surface area contributed by atoms with Crippen LogP contribution in [0.1, 0.15) is 27.0 Å². The molecule has 1 aliphatic heterocycles. The summed E-state index contributed by atoms with van der Waals surface area (Å²) >= 11 is 0. The highest BCUT2D eigenvalue weighted by Gasteiger charge is 2.30. The summed E-state index contributed by atoms with van der Waals surface area (Å²) in [5.74, 6) is -0.691. The summed E-state index contributed by atoms with van der Waals surface area (Å²) in [6, 6.07) is 8.85. The summed E-state index contributed by atoms with van der Waals surface area (Å²) in [7, 11) is 1.89. The summed E-state index contributed by atoms with van der Waals surface area (Å²) in [5, 5.41) is 2.76. The van der Waals surface area contributed by atoms with Gasteiger partial charge in [-0.25, -0.2) is 4.39 Å². The van der Waals surface area contributed by atoms with Gasteiger partial charge >= 0.3 is 6.18 Å². The fourth-order valence-electron chi connectivity index (χ4n) is 3.10. The van der Waals surface area contributed by atoms with Gasteiger partial charge in [0.15, 0.2) is 0 Å². The van der Waals surface area contributed by atoms with E-state index in [1.165, 1.54) is 24.3 Å². The monoisotopic (exact) mass is 366 g/mol. The zero-order valence-corrected chi connectivity index (χ0v) is 14.1. The van der Waals surface area contributed by atoms with Crippen molar-refractivity contribution in [1.29, 1.82) is 0 Å². The Labute approximate surface area is 148 Å². The van der Waals surface area contributed by atoms with Gasteiger partial charge in [-0.2, -0.15) is 13.2 Å². The zero-order chi connectivity index (χ0) is 18.9. The Bertz CT molecular complexity index is 802. The Morgan fingerprint density at radius 1 is 1.15 bits per heavy atom. The topological polar surface area (TPSA) is 32.3 Å². The third-order valence-corrected chi connectivity index (χ3v) is 4.64. The highest BCUT2D eigenvalue weighted by Crippen LogP contribution is 2.29. The van der Waals surface area contributed by atoms with Gasteiger partial charge in [-0.3, -0.25) is 9.69 Å². The van der Waals surface area contributed by atoms with Crippen molar-refractivity contribution in [3.05, 3.63) is 70.5 Å². The van der Waals surface area contributed by atoms with Crippen molar-refractivity contribution in [2.45, 2.75) is 25.2 Å². The number of nitrogens with one attached hydrogen (secondary N) is 1. The first-order chi connectivity index (χ1) is 12.2. The lowest BCUT2D eigenvalue weighted by molar-refractivity contribution is -0.137. The molecule has 2 aromatic rings. The number of hydrogen-bond donors (Lipinski definition) is 1. The number of benzene rings is 2. The predicted molar refractivity (Wildman–Crippen MR) is 89.1 cm³/mol. The van der Waals surface area contributed by atoms with Gasteiger partial charge < -0.3 is 5.32 Å². The molecule has 0 radical (unpaired) electrons. The Hall–Kier alpha value is -2.41. The molecule has 0 spiro atoms. The van der Waals surface area contributed by atoms with Gasteiger partial charge in [0.2, 0.25) is 0 Å². The molecule has 7 heteroatoms. The molecule has 1 atom stereocenters. The van der Waals surface area contributed by atoms with E-state index in [4.69, 9.17) is 0 Å². The van der Waals surface area contributed by atoms with Crippen LogP contribution in [0.15, 0.2) is 42.5 Å². The maximum absolute atomic E-state index is 13.3. The summed E-state index contributed by atoms with van der Waals surface area (Å²) in [6.07, 6.45) is -3.76. The van der Waals surface area contributed by atoms with Crippen molar-refractivity contribution in [2.75, 3.05) is 13.6 Å². The van der Waals surface area contributed by atoms with Gasteiger partial charge in [-0.1, -0.05) is 6.07 Å². The number of hydrogen-bond acceptors (Lipinski definition) is 2. The average Bonchev–Trinajstić information content (AvgIpc) is 2.59. The lowest BCUT2D eigenvalue weighted by Crippen LogP contribution is -2.45. The van der Waals surface area contributed by atoms with Crippen LogP contribution in [-0.4, -0.2) is 30.4 Å². The van der Waals surface area contributed by atoms with Gasteiger partial charge in [0.1, 0.15) is 5.82 Å². The molecule has 0 bridgehead atoms. The van der Waals surface area contributed by atoms with Crippen LogP contribution in [0.25, 0.3) is 0 Å². The van der Waals surface area contributed by atoms with Crippen molar-refractivity contribution in [3.63, 3.8) is 0 Å². The summed E-state index contributed by atoms with van der Waals surface area (Å²) in [5.41, 5.74) is 1.36. The zero-order valence-electron chi connectivity index (χ0n) is 14.1. The first-order valence-corrected chi connectivity index (χ1v) is 8.17. The largest absolute Gasteiger partial charge is 0.416 e. The molecule has 1 amide bonds. The molecule has 138 valence electrons. The average molecular weight is 366 g/mol. The Morgan fingerprint density at radius 2 is 1.85 bits per heavy atom. The maximum Gasteiger partial charge on any atom is 0.416 e. The van der Waals surface area contributed by atoms with Gasteiger partial charge in [-0.15, -0.1) is 0 Å². The molecular formula is C19H18F4N2O. The number of nitrogens with zero attached hydrogens (tertiary/aromatic N) is 1. The van der Waals surface area contributed by atoms with Crippen LogP contribution in [0.4, 0.5) is 17.6 Å². The first kappa shape index (κ1) is 18.4. The Balaban J connectivity index is 1.62. The second kappa shape index (κ2) is 7.07. The van der Waals surface area contributed by atoms with E-state index in [2.05, 4.69) is 5.32 Å². The predicted octanol–water partition coefficient (Wildman–Crippen LogP) is 3.63. The number of likely N-dealkylation sites (N-methyl/N-ethyl adjacent to an activating group) is 1. The second-order valence-electron chi connectivity index (χ2n) is 6.47. The highest BCUT2D eigenvalue weighted by molar-refractivity contribution is 5.94. The van der Waals surface area contributed by atoms with Gasteiger partial charge in [0.05, 0.1) is 5.56 Å². The van der Waals surface area contributed by atoms with E-state index in [1.54, 1.807) is 6.07 Å². The minimum atomic E-state index is -4.42. The summed E-state index contributed by atoms with van der Waals surface area (Å²) in [6.45, 7) is 0.932. The quantitative estimate of drug-likeness (QED) is 0.842. The lowest BCUT2D eigenvalue weighted by Gasteiger charge is -2.34. The number of carbonyl (C=O) groups excluding carboxylic acids is 1. The highest BCUT2D eigenvalue weighted by atomic mass is 19.4. The van der Waals surface area contributed by atoms with Crippen LogP contribution >= 0.6 is 0 Å². The molecule has 0 saturated carbocycles. The number of amides is 1. The van der Waals surface area contributed by atoms with E-state index in [-0.39, 0.29) is 17.4 Å². The van der Waals surface area contributed by atoms with Crippen LogP contribution in [0, 0.1) is 5.82 Å². The summed E-state index contributed by atoms with van der Waals surface area (Å²) < 4.78 is 51.0. The number of fused-ring (bicyclic) bond motifs is 1. The molecule has 26 heavy (non-hydrogen) atoms. The van der Waals surface area contributed by atoms with E-state index in [9.17, 15) is 22.4 Å². The first-order valence-electron chi connectivity index (χ1n) is 8.17. The Kier molecular flexibility index (Phi) is 5.00. The molecule has 1 N–H and O–H groups in total. The molecule has 1 aliphatic rings. The lowest BCUT2D eigenvalue weighted by atomic mass is 9.94. The number of halogens is 4. The fraction of sp³-hybridized carbons (Fsp3) is 0.316. The second-order valence-corrected chi connectivity index (χ2v) is 6.47. The van der Waals surface area contributed by atoms with Crippen molar-refractivity contribution < 1.29 is 22.4 Å². The van der Waals surface area contributed by atoms with E-state index < -0.39 is 17.6 Å². The van der Waals surface area contributed by atoms with Gasteiger partial charge in [0, 0.05) is 24.7 Å². The van der Waals surface area contributed by atoms with Crippen LogP contribution in [-0.2, 0) is 19.1 Å². The van der Waals surface area contributed by atoms with E-state index >= 15 is 0 Å². The minimum Gasteiger partial charge on any atom is -0.350 e. The normalized spacial score (nSPS) is 17.7. The van der Waals surface area contributed by atoms with Crippen molar-refractivity contribution in [3.8, 4) is 0 Å². The number of rotatable bonds is 3. The van der Waals surface area contributed by atoms with Crippen LogP contribution in [0.3, 0.4) is 0 Å². The SMILES string of the molecule is CN1Cc2cc(F)ccc2C[C@@H]1CNC(=O)c1ccc(C(F)(F)F)cc1. The van der Waals surface area contributed by atoms with Crippen LogP contribution in [0.2, 0.25) is 0 Å². The van der Waals surface area contributed by atoms with Crippen molar-refractivity contribution in [2.24, 2.45) is 0 Å². The molecule has 2 aromatic carbocycles. The number of carbonyl (C=O) groups is 1.